The number of hydrogen-bond acceptors (Lipinski definition) is 4. The molecule has 0 N–H and O–H groups in total. The topological polar surface area (TPSA) is 61.4 Å². The Bertz CT molecular complexity index is 4960. The molecule has 12 aromatic carbocycles. The van der Waals surface area contributed by atoms with Crippen molar-refractivity contribution < 1.29 is 0 Å². The molecule has 6 nitrogen and oxygen atoms in total. The second kappa shape index (κ2) is 21.3. The zero-order valence-electron chi connectivity index (χ0n) is 45.8. The average molecular weight is 1070 g/mol. The van der Waals surface area contributed by atoms with Crippen molar-refractivity contribution in [2.75, 3.05) is 0 Å². The maximum absolute atomic E-state index is 5.76. The third-order valence-corrected chi connectivity index (χ3v) is 15.9. The SMILES string of the molecule is C=C(/C=C\c1ccccc1)c1ccc(-c2ccc3ccccc3c2)c2nc(-c3ccc(-c4ccc(-c5nc6ccccc6n5-c5ccccc5)cc4)cc3)c(-c3ccc(-c4ccc(-c5nc6ccccc6n5-c5ccccc5)cc4)cc3)nc12. The lowest BCUT2D eigenvalue weighted by Crippen LogP contribution is -2.00. The fraction of sp³-hybridized carbons (Fsp3) is 0. The molecule has 0 atom stereocenters. The molecule has 3 heterocycles. The Morgan fingerprint density at radius 1 is 0.321 bits per heavy atom. The first-order valence-corrected chi connectivity index (χ1v) is 28.3. The molecule has 0 radical (unpaired) electrons. The summed E-state index contributed by atoms with van der Waals surface area (Å²) in [7, 11) is 0. The normalized spacial score (nSPS) is 11.6. The summed E-state index contributed by atoms with van der Waals surface area (Å²) in [6.07, 6.45) is 4.19. The molecule has 84 heavy (non-hydrogen) atoms. The van der Waals surface area contributed by atoms with E-state index in [1.54, 1.807) is 0 Å². The smallest absolute Gasteiger partial charge is 0.145 e. The van der Waals surface area contributed by atoms with E-state index in [0.717, 1.165) is 145 Å². The van der Waals surface area contributed by atoms with Crippen LogP contribution in [0.2, 0.25) is 0 Å². The summed E-state index contributed by atoms with van der Waals surface area (Å²) in [5.41, 5.74) is 22.6. The van der Waals surface area contributed by atoms with Gasteiger partial charge in [0.2, 0.25) is 0 Å². The number of imidazole rings is 2. The third kappa shape index (κ3) is 9.24. The van der Waals surface area contributed by atoms with Crippen LogP contribution in [0.3, 0.4) is 0 Å². The Hall–Kier alpha value is -11.3. The second-order valence-electron chi connectivity index (χ2n) is 21.1. The van der Waals surface area contributed by atoms with Crippen LogP contribution >= 0.6 is 0 Å². The number of fused-ring (bicyclic) bond motifs is 4. The van der Waals surface area contributed by atoms with Gasteiger partial charge in [-0.2, -0.15) is 0 Å². The zero-order valence-corrected chi connectivity index (χ0v) is 45.8. The van der Waals surface area contributed by atoms with E-state index in [2.05, 4.69) is 277 Å². The minimum absolute atomic E-state index is 0.777. The molecule has 0 saturated carbocycles. The van der Waals surface area contributed by atoms with E-state index in [1.807, 2.05) is 42.5 Å². The number of rotatable bonds is 12. The minimum atomic E-state index is 0.777. The second-order valence-corrected chi connectivity index (χ2v) is 21.1. The van der Waals surface area contributed by atoms with E-state index in [0.29, 0.717) is 0 Å². The molecular weight excluding hydrogens is 1020 g/mol. The summed E-state index contributed by atoms with van der Waals surface area (Å²) in [4.78, 5) is 21.7. The predicted octanol–water partition coefficient (Wildman–Crippen LogP) is 19.9. The molecule has 0 aliphatic rings. The van der Waals surface area contributed by atoms with Crippen molar-refractivity contribution in [2.24, 2.45) is 0 Å². The quantitative estimate of drug-likeness (QED) is 0.114. The Kier molecular flexibility index (Phi) is 12.6. The number of nitrogens with zero attached hydrogens (tertiary/aromatic N) is 6. The summed E-state index contributed by atoms with van der Waals surface area (Å²) >= 11 is 0. The van der Waals surface area contributed by atoms with Crippen molar-refractivity contribution in [1.82, 2.24) is 29.1 Å². The van der Waals surface area contributed by atoms with Gasteiger partial charge in [0.1, 0.15) is 11.6 Å². The molecule has 394 valence electrons. The highest BCUT2D eigenvalue weighted by atomic mass is 15.1. The van der Waals surface area contributed by atoms with Gasteiger partial charge in [0.15, 0.2) is 0 Å². The van der Waals surface area contributed by atoms with Crippen molar-refractivity contribution in [3.05, 3.63) is 315 Å². The lowest BCUT2D eigenvalue weighted by Gasteiger charge is -2.17. The number of hydrogen-bond donors (Lipinski definition) is 0. The first-order chi connectivity index (χ1) is 41.5. The van der Waals surface area contributed by atoms with Crippen LogP contribution in [0.25, 0.3) is 146 Å². The Labute approximate surface area is 487 Å². The highest BCUT2D eigenvalue weighted by Gasteiger charge is 2.21. The minimum Gasteiger partial charge on any atom is -0.292 e. The van der Waals surface area contributed by atoms with Crippen LogP contribution in [0.4, 0.5) is 0 Å². The monoisotopic (exact) mass is 1070 g/mol. The molecule has 0 amide bonds. The summed E-state index contributed by atoms with van der Waals surface area (Å²) in [6, 6.07) is 102. The standard InChI is InChI=1S/C78H52N6/c1-52(29-30-53-17-5-2-6-18-53)67-49-50-68(64-48-39-54-19-11-12-20-63(54)51-64)76-75(67)81-73(59-40-31-55(32-41-59)57-35-44-61(45-36-57)77-79-69-25-13-15-27-71(69)83(77)65-21-7-3-8-22-65)74(82-76)60-42-33-56(34-43-60)58-37-46-62(47-38-58)78-80-70-26-14-16-28-72(70)84(78)66-23-9-4-10-24-66/h2-51H,1H2/b30-29-. The van der Waals surface area contributed by atoms with Crippen LogP contribution in [0.15, 0.2) is 304 Å². The van der Waals surface area contributed by atoms with Crippen molar-refractivity contribution in [3.8, 4) is 90.0 Å². The summed E-state index contributed by atoms with van der Waals surface area (Å²) in [6.45, 7) is 4.64. The van der Waals surface area contributed by atoms with Gasteiger partial charge < -0.3 is 0 Å². The molecule has 0 aliphatic heterocycles. The van der Waals surface area contributed by atoms with Gasteiger partial charge in [-0.15, -0.1) is 0 Å². The number of para-hydroxylation sites is 6. The Morgan fingerprint density at radius 3 is 1.24 bits per heavy atom. The molecule has 0 saturated heterocycles. The van der Waals surface area contributed by atoms with Crippen molar-refractivity contribution >= 4 is 55.5 Å². The van der Waals surface area contributed by atoms with Gasteiger partial charge in [0, 0.05) is 44.8 Å². The lowest BCUT2D eigenvalue weighted by atomic mass is 9.94. The molecule has 0 fully saturated rings. The molecule has 0 unspecified atom stereocenters. The number of allylic oxidation sites excluding steroid dienone is 2. The van der Waals surface area contributed by atoms with E-state index in [-0.39, 0.29) is 0 Å². The highest BCUT2D eigenvalue weighted by molar-refractivity contribution is 6.04. The summed E-state index contributed by atoms with van der Waals surface area (Å²) in [5, 5.41) is 2.34. The summed E-state index contributed by atoms with van der Waals surface area (Å²) < 4.78 is 4.48. The van der Waals surface area contributed by atoms with Crippen LogP contribution in [0, 0.1) is 0 Å². The zero-order chi connectivity index (χ0) is 55.9. The van der Waals surface area contributed by atoms with Gasteiger partial charge in [0.25, 0.3) is 0 Å². The molecule has 3 aromatic heterocycles. The third-order valence-electron chi connectivity index (χ3n) is 15.9. The molecule has 6 heteroatoms. The maximum Gasteiger partial charge on any atom is 0.145 e. The molecule has 15 rings (SSSR count). The fourth-order valence-electron chi connectivity index (χ4n) is 11.6. The molecule has 0 bridgehead atoms. The largest absolute Gasteiger partial charge is 0.292 e. The van der Waals surface area contributed by atoms with Crippen LogP contribution in [0.1, 0.15) is 11.1 Å². The molecule has 0 spiro atoms. The fourth-order valence-corrected chi connectivity index (χ4v) is 11.6. The summed E-state index contributed by atoms with van der Waals surface area (Å²) in [5.74, 6) is 1.80. The van der Waals surface area contributed by atoms with E-state index in [4.69, 9.17) is 19.9 Å². The average Bonchev–Trinajstić information content (AvgIpc) is 4.33. The van der Waals surface area contributed by atoms with Gasteiger partial charge in [-0.3, -0.25) is 9.13 Å². The van der Waals surface area contributed by atoms with Crippen LogP contribution < -0.4 is 0 Å². The van der Waals surface area contributed by atoms with E-state index >= 15 is 0 Å². The van der Waals surface area contributed by atoms with Gasteiger partial charge in [-0.05, 0) is 104 Å². The molecule has 0 aliphatic carbocycles. The van der Waals surface area contributed by atoms with Gasteiger partial charge in [-0.1, -0.05) is 255 Å². The Morgan fingerprint density at radius 2 is 0.726 bits per heavy atom. The van der Waals surface area contributed by atoms with Crippen molar-refractivity contribution in [1.29, 1.82) is 0 Å². The lowest BCUT2D eigenvalue weighted by molar-refractivity contribution is 1.10. The molecular formula is C78H52N6. The number of aromatic nitrogens is 6. The van der Waals surface area contributed by atoms with Crippen LogP contribution in [0.5, 0.6) is 0 Å². The predicted molar refractivity (Wildman–Crippen MR) is 349 cm³/mol. The van der Waals surface area contributed by atoms with E-state index in [9.17, 15) is 0 Å². The maximum atomic E-state index is 5.76. The van der Waals surface area contributed by atoms with Crippen molar-refractivity contribution in [3.63, 3.8) is 0 Å². The number of benzene rings is 12. The van der Waals surface area contributed by atoms with Gasteiger partial charge >= 0.3 is 0 Å². The van der Waals surface area contributed by atoms with Crippen LogP contribution in [-0.2, 0) is 0 Å². The van der Waals surface area contributed by atoms with Crippen molar-refractivity contribution in [2.45, 2.75) is 0 Å². The Balaban J connectivity index is 0.836. The van der Waals surface area contributed by atoms with Gasteiger partial charge in [0.05, 0.1) is 44.5 Å². The first-order valence-electron chi connectivity index (χ1n) is 28.3. The van der Waals surface area contributed by atoms with Crippen LogP contribution in [-0.4, -0.2) is 29.1 Å². The highest BCUT2D eigenvalue weighted by Crippen LogP contribution is 2.41. The van der Waals surface area contributed by atoms with E-state index in [1.165, 1.54) is 5.39 Å². The first kappa shape index (κ1) is 49.7. The van der Waals surface area contributed by atoms with E-state index < -0.39 is 0 Å². The molecule has 15 aromatic rings. The van der Waals surface area contributed by atoms with Gasteiger partial charge in [-0.25, -0.2) is 19.9 Å².